The monoisotopic (exact) mass is 589 g/mol. The molecule has 2 N–H and O–H groups in total. The predicted molar refractivity (Wildman–Crippen MR) is 158 cm³/mol. The smallest absolute Gasteiger partial charge is 0.414 e. The van der Waals surface area contributed by atoms with Crippen LogP contribution in [0, 0.1) is 5.82 Å². The second-order valence-electron chi connectivity index (χ2n) is 11.6. The standard InChI is InChI=1S/C31H36FN7O4/c1-31(2)39(30(41)42-18-20-7-4-3-5-8-20)24(29(40)43-31)17-34-27-25(32)28(36-19-35-27)38-15-12-21(13-16-38)23-11-10-22-9-6-14-33-26(22)37-23/h3-5,7-8,10-11,19,21,24H,6,9,12-18H2,1-2H3,(H,33,37)(H,34,35,36)/t24-/m0/s1. The van der Waals surface area contributed by atoms with E-state index in [1.807, 2.05) is 35.2 Å². The molecule has 0 saturated carbocycles. The summed E-state index contributed by atoms with van der Waals surface area (Å²) < 4.78 is 26.6. The van der Waals surface area contributed by atoms with E-state index >= 15 is 4.39 Å². The van der Waals surface area contributed by atoms with E-state index < -0.39 is 29.6 Å². The fourth-order valence-electron chi connectivity index (χ4n) is 6.01. The van der Waals surface area contributed by atoms with Crippen LogP contribution in [0.2, 0.25) is 0 Å². The van der Waals surface area contributed by atoms with Crippen LogP contribution in [0.15, 0.2) is 48.8 Å². The Morgan fingerprint density at radius 2 is 1.95 bits per heavy atom. The summed E-state index contributed by atoms with van der Waals surface area (Å²) in [4.78, 5) is 42.2. The lowest BCUT2D eigenvalue weighted by Crippen LogP contribution is -2.50. The van der Waals surface area contributed by atoms with Crippen molar-refractivity contribution in [3.8, 4) is 0 Å². The van der Waals surface area contributed by atoms with E-state index in [-0.39, 0.29) is 30.7 Å². The van der Waals surface area contributed by atoms with Crippen molar-refractivity contribution < 1.29 is 23.5 Å². The van der Waals surface area contributed by atoms with Gasteiger partial charge in [0, 0.05) is 37.8 Å². The molecule has 1 amide bonds. The Balaban J connectivity index is 1.09. The van der Waals surface area contributed by atoms with Gasteiger partial charge in [0.1, 0.15) is 18.8 Å². The number of anilines is 3. The molecule has 3 aromatic rings. The number of amides is 1. The lowest BCUT2D eigenvalue weighted by Gasteiger charge is -2.33. The average molecular weight is 590 g/mol. The van der Waals surface area contributed by atoms with Crippen LogP contribution in [0.5, 0.6) is 0 Å². The minimum absolute atomic E-state index is 0.0423. The molecule has 0 unspecified atom stereocenters. The van der Waals surface area contributed by atoms with Gasteiger partial charge in [-0.2, -0.15) is 4.39 Å². The summed E-state index contributed by atoms with van der Waals surface area (Å²) in [5, 5.41) is 6.30. The third kappa shape index (κ3) is 6.04. The molecule has 0 spiro atoms. The Hall–Kier alpha value is -4.48. The van der Waals surface area contributed by atoms with Gasteiger partial charge in [0.05, 0.1) is 0 Å². The number of aryl methyl sites for hydroxylation is 1. The third-order valence-electron chi connectivity index (χ3n) is 8.28. The predicted octanol–water partition coefficient (Wildman–Crippen LogP) is 4.47. The highest BCUT2D eigenvalue weighted by atomic mass is 19.1. The molecule has 12 heteroatoms. The fraction of sp³-hybridized carbons (Fsp3) is 0.452. The van der Waals surface area contributed by atoms with E-state index in [2.05, 4.69) is 32.7 Å². The van der Waals surface area contributed by atoms with Gasteiger partial charge >= 0.3 is 12.1 Å². The SMILES string of the molecule is CC1(C)OC(=O)[C@H](CNc2ncnc(N3CCC(c4ccc5c(n4)NCCC5)CC3)c2F)N1C(=O)OCc1ccccc1. The van der Waals surface area contributed by atoms with Crippen molar-refractivity contribution in [2.75, 3.05) is 41.7 Å². The lowest BCUT2D eigenvalue weighted by atomic mass is 9.92. The number of nitrogens with zero attached hydrogens (tertiary/aromatic N) is 5. The van der Waals surface area contributed by atoms with Crippen molar-refractivity contribution in [3.63, 3.8) is 0 Å². The van der Waals surface area contributed by atoms with Gasteiger partial charge < -0.3 is 25.0 Å². The maximum Gasteiger partial charge on any atom is 0.414 e. The molecule has 5 heterocycles. The highest BCUT2D eigenvalue weighted by molar-refractivity contribution is 5.85. The Morgan fingerprint density at radius 3 is 2.74 bits per heavy atom. The zero-order valence-electron chi connectivity index (χ0n) is 24.4. The van der Waals surface area contributed by atoms with Crippen LogP contribution in [0.25, 0.3) is 0 Å². The Bertz CT molecular complexity index is 1480. The van der Waals surface area contributed by atoms with Crippen molar-refractivity contribution in [2.24, 2.45) is 0 Å². The summed E-state index contributed by atoms with van der Waals surface area (Å²) in [5.74, 6) is 0.199. The van der Waals surface area contributed by atoms with Crippen LogP contribution in [0.1, 0.15) is 55.8 Å². The maximum atomic E-state index is 15.7. The van der Waals surface area contributed by atoms with Crippen LogP contribution in [0.4, 0.5) is 26.6 Å². The number of fused-ring (bicyclic) bond motifs is 1. The number of cyclic esters (lactones) is 1. The number of ether oxygens (including phenoxy) is 2. The number of pyridine rings is 1. The van der Waals surface area contributed by atoms with Gasteiger partial charge in [-0.25, -0.2) is 24.5 Å². The van der Waals surface area contributed by atoms with Crippen molar-refractivity contribution in [1.82, 2.24) is 19.9 Å². The first kappa shape index (κ1) is 28.6. The minimum Gasteiger partial charge on any atom is -0.444 e. The molecule has 2 saturated heterocycles. The van der Waals surface area contributed by atoms with Crippen LogP contribution < -0.4 is 15.5 Å². The van der Waals surface area contributed by atoms with Crippen molar-refractivity contribution in [2.45, 2.75) is 63.8 Å². The molecular weight excluding hydrogens is 553 g/mol. The number of nitrogens with one attached hydrogen (secondary N) is 2. The summed E-state index contributed by atoms with van der Waals surface area (Å²) in [6.07, 6.45) is 4.40. The number of rotatable bonds is 7. The highest BCUT2D eigenvalue weighted by Crippen LogP contribution is 2.33. The topological polar surface area (TPSA) is 122 Å². The summed E-state index contributed by atoms with van der Waals surface area (Å²) >= 11 is 0. The molecule has 43 heavy (non-hydrogen) atoms. The number of carbonyl (C=O) groups is 2. The summed E-state index contributed by atoms with van der Waals surface area (Å²) in [5.41, 5.74) is 1.90. The number of benzene rings is 1. The zero-order chi connectivity index (χ0) is 30.0. The first-order valence-electron chi connectivity index (χ1n) is 14.8. The van der Waals surface area contributed by atoms with Gasteiger partial charge in [-0.1, -0.05) is 36.4 Å². The molecule has 2 fully saturated rings. The maximum absolute atomic E-state index is 15.7. The number of esters is 1. The summed E-state index contributed by atoms with van der Waals surface area (Å²) in [7, 11) is 0. The Kier molecular flexibility index (Phi) is 8.00. The Labute approximate surface area is 249 Å². The molecule has 1 aromatic carbocycles. The number of carbonyl (C=O) groups excluding carboxylic acids is 2. The van der Waals surface area contributed by atoms with E-state index in [1.165, 1.54) is 16.8 Å². The molecule has 1 atom stereocenters. The van der Waals surface area contributed by atoms with E-state index in [9.17, 15) is 9.59 Å². The molecule has 0 aliphatic carbocycles. The van der Waals surface area contributed by atoms with Crippen LogP contribution >= 0.6 is 0 Å². The molecule has 3 aliphatic heterocycles. The second kappa shape index (κ2) is 12.0. The first-order valence-corrected chi connectivity index (χ1v) is 14.8. The normalized spacial score (nSPS) is 19.8. The molecule has 226 valence electrons. The molecule has 0 bridgehead atoms. The molecule has 6 rings (SSSR count). The van der Waals surface area contributed by atoms with Crippen LogP contribution in [-0.2, 0) is 27.3 Å². The number of aromatic nitrogens is 3. The van der Waals surface area contributed by atoms with Gasteiger partial charge in [0.25, 0.3) is 0 Å². The lowest BCUT2D eigenvalue weighted by molar-refractivity contribution is -0.148. The van der Waals surface area contributed by atoms with Crippen molar-refractivity contribution >= 4 is 29.5 Å². The third-order valence-corrected chi connectivity index (χ3v) is 8.28. The Morgan fingerprint density at radius 1 is 1.16 bits per heavy atom. The van der Waals surface area contributed by atoms with E-state index in [4.69, 9.17) is 14.5 Å². The average Bonchev–Trinajstić information content (AvgIpc) is 3.26. The van der Waals surface area contributed by atoms with E-state index in [1.54, 1.807) is 13.8 Å². The number of piperidine rings is 1. The molecule has 2 aromatic heterocycles. The largest absolute Gasteiger partial charge is 0.444 e. The number of hydrogen-bond donors (Lipinski definition) is 2. The van der Waals surface area contributed by atoms with Crippen molar-refractivity contribution in [3.05, 3.63) is 71.4 Å². The molecule has 11 nitrogen and oxygen atoms in total. The zero-order valence-corrected chi connectivity index (χ0v) is 24.4. The van der Waals surface area contributed by atoms with Gasteiger partial charge in [-0.3, -0.25) is 4.90 Å². The van der Waals surface area contributed by atoms with Crippen LogP contribution in [-0.4, -0.2) is 69.9 Å². The van der Waals surface area contributed by atoms with Gasteiger partial charge in [0.15, 0.2) is 23.4 Å². The minimum atomic E-state index is -1.24. The quantitative estimate of drug-likeness (QED) is 0.382. The van der Waals surface area contributed by atoms with Crippen LogP contribution in [0.3, 0.4) is 0 Å². The number of hydrogen-bond acceptors (Lipinski definition) is 10. The molecule has 0 radical (unpaired) electrons. The van der Waals surface area contributed by atoms with E-state index in [0.717, 1.165) is 49.3 Å². The number of halogens is 1. The first-order chi connectivity index (χ1) is 20.8. The highest BCUT2D eigenvalue weighted by Gasteiger charge is 2.51. The van der Waals surface area contributed by atoms with E-state index in [0.29, 0.717) is 13.1 Å². The van der Waals surface area contributed by atoms with Crippen molar-refractivity contribution in [1.29, 1.82) is 0 Å². The summed E-state index contributed by atoms with van der Waals surface area (Å²) in [6, 6.07) is 12.5. The summed E-state index contributed by atoms with van der Waals surface area (Å²) in [6.45, 7) is 5.33. The second-order valence-corrected chi connectivity index (χ2v) is 11.6. The van der Waals surface area contributed by atoms with Gasteiger partial charge in [-0.05, 0) is 56.7 Å². The molecule has 3 aliphatic rings. The fourth-order valence-corrected chi connectivity index (χ4v) is 6.01. The van der Waals surface area contributed by atoms with Gasteiger partial charge in [0.2, 0.25) is 5.82 Å². The molecular formula is C31H36FN7O4. The van der Waals surface area contributed by atoms with Gasteiger partial charge in [-0.15, -0.1) is 0 Å².